The second-order valence-electron chi connectivity index (χ2n) is 6.54. The molecule has 5 nitrogen and oxygen atoms in total. The van der Waals surface area contributed by atoms with Crippen LogP contribution in [0.2, 0.25) is 0 Å². The normalized spacial score (nSPS) is 20.1. The van der Waals surface area contributed by atoms with Gasteiger partial charge < -0.3 is 10.6 Å². The molecule has 24 heavy (non-hydrogen) atoms. The summed E-state index contributed by atoms with van der Waals surface area (Å²) in [6.07, 6.45) is 2.66. The lowest BCUT2D eigenvalue weighted by atomic mass is 10.1. The molecular formula is C18H25ClN4O. The van der Waals surface area contributed by atoms with E-state index in [1.807, 2.05) is 41.6 Å². The minimum absolute atomic E-state index is 0. The minimum atomic E-state index is 0. The Morgan fingerprint density at radius 1 is 1.38 bits per heavy atom. The Hall–Kier alpha value is -1.85. The number of nitrogens with two attached hydrogens (primary N) is 1. The van der Waals surface area contributed by atoms with Gasteiger partial charge in [0.15, 0.2) is 0 Å². The molecule has 6 heteroatoms. The van der Waals surface area contributed by atoms with Crippen LogP contribution in [-0.4, -0.2) is 39.7 Å². The summed E-state index contributed by atoms with van der Waals surface area (Å²) in [5, 5.41) is 4.43. The molecule has 1 aliphatic heterocycles. The number of carbonyl (C=O) groups excluding carboxylic acids is 1. The van der Waals surface area contributed by atoms with Crippen molar-refractivity contribution in [3.8, 4) is 5.69 Å². The Kier molecular flexibility index (Phi) is 5.67. The standard InChI is InChI=1S/C18H24N4O.ClH/c1-12-5-4-6-16(7-12)22-14(3)17(10-20-22)18(23)21-11-15(9-19)8-13(21)2;/h4-7,10,13,15H,8-9,11,19H2,1-3H3;1H. The van der Waals surface area contributed by atoms with Crippen LogP contribution in [0.4, 0.5) is 0 Å². The molecule has 2 heterocycles. The van der Waals surface area contributed by atoms with Crippen molar-refractivity contribution in [2.45, 2.75) is 33.2 Å². The van der Waals surface area contributed by atoms with Crippen molar-refractivity contribution >= 4 is 18.3 Å². The van der Waals surface area contributed by atoms with Crippen LogP contribution in [0.1, 0.15) is 35.0 Å². The van der Waals surface area contributed by atoms with Gasteiger partial charge in [0.05, 0.1) is 23.1 Å². The number of nitrogens with zero attached hydrogens (tertiary/aromatic N) is 3. The molecule has 3 rings (SSSR count). The molecule has 2 N–H and O–H groups in total. The molecule has 1 saturated heterocycles. The monoisotopic (exact) mass is 348 g/mol. The lowest BCUT2D eigenvalue weighted by Crippen LogP contribution is -2.34. The number of amides is 1. The zero-order valence-electron chi connectivity index (χ0n) is 14.4. The van der Waals surface area contributed by atoms with Crippen molar-refractivity contribution in [1.29, 1.82) is 0 Å². The van der Waals surface area contributed by atoms with Crippen molar-refractivity contribution in [2.75, 3.05) is 13.1 Å². The molecule has 0 radical (unpaired) electrons. The Balaban J connectivity index is 0.00000208. The number of likely N-dealkylation sites (tertiary alicyclic amines) is 1. The van der Waals surface area contributed by atoms with Gasteiger partial charge in [0.25, 0.3) is 5.91 Å². The van der Waals surface area contributed by atoms with Crippen LogP contribution >= 0.6 is 12.4 Å². The van der Waals surface area contributed by atoms with Crippen molar-refractivity contribution in [3.05, 3.63) is 47.3 Å². The molecule has 0 aliphatic carbocycles. The number of rotatable bonds is 3. The van der Waals surface area contributed by atoms with E-state index in [0.717, 1.165) is 24.3 Å². The zero-order valence-corrected chi connectivity index (χ0v) is 15.2. The Morgan fingerprint density at radius 3 is 2.75 bits per heavy atom. The fourth-order valence-corrected chi connectivity index (χ4v) is 3.39. The van der Waals surface area contributed by atoms with Gasteiger partial charge in [-0.15, -0.1) is 12.4 Å². The highest BCUT2D eigenvalue weighted by Gasteiger charge is 2.33. The maximum atomic E-state index is 12.9. The Bertz CT molecular complexity index is 728. The van der Waals surface area contributed by atoms with E-state index in [9.17, 15) is 4.79 Å². The fourth-order valence-electron chi connectivity index (χ4n) is 3.39. The molecule has 2 unspecified atom stereocenters. The predicted octanol–water partition coefficient (Wildman–Crippen LogP) is 2.72. The first kappa shape index (κ1) is 18.5. The molecule has 0 saturated carbocycles. The van der Waals surface area contributed by atoms with Gasteiger partial charge in [-0.05, 0) is 57.4 Å². The second-order valence-corrected chi connectivity index (χ2v) is 6.54. The van der Waals surface area contributed by atoms with E-state index >= 15 is 0 Å². The van der Waals surface area contributed by atoms with Gasteiger partial charge in [-0.3, -0.25) is 4.79 Å². The quantitative estimate of drug-likeness (QED) is 0.927. The smallest absolute Gasteiger partial charge is 0.257 e. The van der Waals surface area contributed by atoms with Crippen LogP contribution in [0.15, 0.2) is 30.5 Å². The highest BCUT2D eigenvalue weighted by molar-refractivity contribution is 5.95. The molecule has 1 aromatic carbocycles. The first-order valence-corrected chi connectivity index (χ1v) is 8.14. The molecule has 2 aromatic rings. The van der Waals surface area contributed by atoms with E-state index in [-0.39, 0.29) is 24.4 Å². The first-order valence-electron chi connectivity index (χ1n) is 8.14. The number of halogens is 1. The van der Waals surface area contributed by atoms with Crippen molar-refractivity contribution in [1.82, 2.24) is 14.7 Å². The van der Waals surface area contributed by atoms with Gasteiger partial charge in [0.2, 0.25) is 0 Å². The topological polar surface area (TPSA) is 64.2 Å². The highest BCUT2D eigenvalue weighted by Crippen LogP contribution is 2.25. The van der Waals surface area contributed by atoms with E-state index in [1.54, 1.807) is 6.20 Å². The van der Waals surface area contributed by atoms with Gasteiger partial charge in [0.1, 0.15) is 0 Å². The average Bonchev–Trinajstić information content (AvgIpc) is 3.09. The molecule has 1 aliphatic rings. The SMILES string of the molecule is Cc1cccc(-n2ncc(C(=O)N3CC(CN)CC3C)c2C)c1.Cl. The van der Waals surface area contributed by atoms with Gasteiger partial charge >= 0.3 is 0 Å². The van der Waals surface area contributed by atoms with Crippen LogP contribution in [0.5, 0.6) is 0 Å². The van der Waals surface area contributed by atoms with Crippen molar-refractivity contribution < 1.29 is 4.79 Å². The minimum Gasteiger partial charge on any atom is -0.335 e. The molecule has 0 spiro atoms. The molecule has 1 fully saturated rings. The third-order valence-corrected chi connectivity index (χ3v) is 4.74. The number of hydrogen-bond acceptors (Lipinski definition) is 3. The van der Waals surface area contributed by atoms with E-state index < -0.39 is 0 Å². The summed E-state index contributed by atoms with van der Waals surface area (Å²) >= 11 is 0. The molecule has 0 bridgehead atoms. The van der Waals surface area contributed by atoms with Crippen LogP contribution in [0.3, 0.4) is 0 Å². The number of carbonyl (C=O) groups is 1. The largest absolute Gasteiger partial charge is 0.335 e. The molecule has 130 valence electrons. The maximum Gasteiger partial charge on any atom is 0.257 e. The summed E-state index contributed by atoms with van der Waals surface area (Å²) in [6, 6.07) is 8.36. The molecule has 2 atom stereocenters. The van der Waals surface area contributed by atoms with Crippen molar-refractivity contribution in [2.24, 2.45) is 11.7 Å². The van der Waals surface area contributed by atoms with Crippen LogP contribution in [-0.2, 0) is 0 Å². The maximum absolute atomic E-state index is 12.9. The van der Waals surface area contributed by atoms with E-state index in [1.165, 1.54) is 5.56 Å². The summed E-state index contributed by atoms with van der Waals surface area (Å²) in [5.74, 6) is 0.464. The van der Waals surface area contributed by atoms with E-state index in [0.29, 0.717) is 18.0 Å². The number of aromatic nitrogens is 2. The summed E-state index contributed by atoms with van der Waals surface area (Å²) in [6.45, 7) is 7.46. The number of hydrogen-bond donors (Lipinski definition) is 1. The number of aryl methyl sites for hydroxylation is 1. The van der Waals surface area contributed by atoms with Gasteiger partial charge in [0, 0.05) is 12.6 Å². The van der Waals surface area contributed by atoms with Gasteiger partial charge in [-0.1, -0.05) is 12.1 Å². The van der Waals surface area contributed by atoms with Crippen LogP contribution in [0, 0.1) is 19.8 Å². The third-order valence-electron chi connectivity index (χ3n) is 4.74. The van der Waals surface area contributed by atoms with E-state index in [4.69, 9.17) is 5.73 Å². The molecule has 1 amide bonds. The Labute approximate surface area is 149 Å². The predicted molar refractivity (Wildman–Crippen MR) is 97.9 cm³/mol. The Morgan fingerprint density at radius 2 is 2.12 bits per heavy atom. The lowest BCUT2D eigenvalue weighted by molar-refractivity contribution is 0.0742. The first-order chi connectivity index (χ1) is 11.0. The van der Waals surface area contributed by atoms with Crippen LogP contribution < -0.4 is 5.73 Å². The molecule has 1 aromatic heterocycles. The van der Waals surface area contributed by atoms with Gasteiger partial charge in [-0.2, -0.15) is 5.10 Å². The van der Waals surface area contributed by atoms with E-state index in [2.05, 4.69) is 18.1 Å². The second kappa shape index (κ2) is 7.36. The van der Waals surface area contributed by atoms with Gasteiger partial charge in [-0.25, -0.2) is 4.68 Å². The van der Waals surface area contributed by atoms with Crippen molar-refractivity contribution in [3.63, 3.8) is 0 Å². The zero-order chi connectivity index (χ0) is 16.6. The summed E-state index contributed by atoms with van der Waals surface area (Å²) < 4.78 is 1.83. The number of benzene rings is 1. The average molecular weight is 349 g/mol. The summed E-state index contributed by atoms with van der Waals surface area (Å²) in [7, 11) is 0. The highest BCUT2D eigenvalue weighted by atomic mass is 35.5. The summed E-state index contributed by atoms with van der Waals surface area (Å²) in [5.41, 5.74) is 9.48. The summed E-state index contributed by atoms with van der Waals surface area (Å²) in [4.78, 5) is 14.8. The van der Waals surface area contributed by atoms with Crippen LogP contribution in [0.25, 0.3) is 5.69 Å². The lowest BCUT2D eigenvalue weighted by Gasteiger charge is -2.21. The third kappa shape index (κ3) is 3.32. The fraction of sp³-hybridized carbons (Fsp3) is 0.444. The molecular weight excluding hydrogens is 324 g/mol.